The van der Waals surface area contributed by atoms with Crippen LogP contribution in [0.3, 0.4) is 0 Å². The van der Waals surface area contributed by atoms with E-state index in [2.05, 4.69) is 6.92 Å². The maximum absolute atomic E-state index is 12.7. The minimum Gasteiger partial charge on any atom is -0.289 e. The van der Waals surface area contributed by atoms with Crippen molar-refractivity contribution in [2.75, 3.05) is 13.1 Å². The third-order valence-electron chi connectivity index (χ3n) is 3.57. The number of aryl methyl sites for hydroxylation is 1. The molecule has 0 bridgehead atoms. The fourth-order valence-electron chi connectivity index (χ4n) is 2.23. The minimum atomic E-state index is -3.64. The summed E-state index contributed by atoms with van der Waals surface area (Å²) in [7, 11) is -3.64. The van der Waals surface area contributed by atoms with E-state index in [-0.39, 0.29) is 17.9 Å². The van der Waals surface area contributed by atoms with Crippen LogP contribution >= 0.6 is 0 Å². The first-order valence-electron chi connectivity index (χ1n) is 7.97. The molecule has 0 radical (unpaired) electrons. The Morgan fingerprint density at radius 1 is 1.13 bits per heavy atom. The highest BCUT2D eigenvalue weighted by atomic mass is 32.2. The molecule has 0 heterocycles. The fourth-order valence-corrected chi connectivity index (χ4v) is 3.71. The van der Waals surface area contributed by atoms with E-state index in [0.717, 1.165) is 24.8 Å². The van der Waals surface area contributed by atoms with Gasteiger partial charge in [-0.05, 0) is 30.5 Å². The molecule has 0 unspecified atom stereocenters. The number of benzene rings is 1. The summed E-state index contributed by atoms with van der Waals surface area (Å²) in [6.07, 6.45) is 3.41. The number of carbonyl (C=O) groups excluding carboxylic acids is 1. The zero-order valence-corrected chi connectivity index (χ0v) is 14.6. The summed E-state index contributed by atoms with van der Waals surface area (Å²) in [4.78, 5) is 11.4. The molecule has 23 heavy (non-hydrogen) atoms. The molecule has 0 saturated carbocycles. The predicted octanol–water partition coefficient (Wildman–Crippen LogP) is 2.33. The van der Waals surface area contributed by atoms with Crippen LogP contribution in [-0.2, 0) is 21.2 Å². The zero-order valence-electron chi connectivity index (χ0n) is 13.8. The number of nitrogens with zero attached hydrogens (tertiary/aromatic N) is 1. The maximum Gasteiger partial charge on any atom is 0.244 e. The van der Waals surface area contributed by atoms with Gasteiger partial charge in [0.15, 0.2) is 0 Å². The second-order valence-electron chi connectivity index (χ2n) is 5.44. The van der Waals surface area contributed by atoms with Crippen LogP contribution in [0.15, 0.2) is 29.2 Å². The molecule has 1 aromatic rings. The smallest absolute Gasteiger partial charge is 0.244 e. The van der Waals surface area contributed by atoms with Crippen LogP contribution in [0.4, 0.5) is 0 Å². The highest BCUT2D eigenvalue weighted by Gasteiger charge is 2.24. The first-order valence-corrected chi connectivity index (χ1v) is 9.41. The van der Waals surface area contributed by atoms with E-state index in [0.29, 0.717) is 13.0 Å². The second-order valence-corrected chi connectivity index (χ2v) is 7.37. The van der Waals surface area contributed by atoms with E-state index in [4.69, 9.17) is 5.21 Å². The zero-order chi connectivity index (χ0) is 17.3. The molecular formula is C16H26N2O4S. The van der Waals surface area contributed by atoms with E-state index < -0.39 is 15.9 Å². The number of hydrogen-bond acceptors (Lipinski definition) is 4. The van der Waals surface area contributed by atoms with Gasteiger partial charge in [0.1, 0.15) is 0 Å². The van der Waals surface area contributed by atoms with Crippen molar-refractivity contribution in [3.63, 3.8) is 0 Å². The van der Waals surface area contributed by atoms with E-state index in [9.17, 15) is 13.2 Å². The van der Waals surface area contributed by atoms with Gasteiger partial charge in [0, 0.05) is 19.5 Å². The van der Waals surface area contributed by atoms with Crippen molar-refractivity contribution in [2.45, 2.75) is 50.8 Å². The Morgan fingerprint density at radius 2 is 1.78 bits per heavy atom. The number of hydroxylamine groups is 1. The van der Waals surface area contributed by atoms with E-state index in [1.807, 2.05) is 19.1 Å². The lowest BCUT2D eigenvalue weighted by molar-refractivity contribution is -0.129. The lowest BCUT2D eigenvalue weighted by Gasteiger charge is -2.21. The molecule has 0 aromatic heterocycles. The molecule has 7 heteroatoms. The Morgan fingerprint density at radius 3 is 2.30 bits per heavy atom. The molecule has 130 valence electrons. The summed E-state index contributed by atoms with van der Waals surface area (Å²) in [6.45, 7) is 4.45. The van der Waals surface area contributed by atoms with Crippen LogP contribution in [0.5, 0.6) is 0 Å². The molecule has 2 N–H and O–H groups in total. The Labute approximate surface area is 138 Å². The maximum atomic E-state index is 12.7. The van der Waals surface area contributed by atoms with E-state index >= 15 is 0 Å². The van der Waals surface area contributed by atoms with E-state index in [1.54, 1.807) is 12.1 Å². The van der Waals surface area contributed by atoms with Crippen molar-refractivity contribution in [1.82, 2.24) is 9.79 Å². The van der Waals surface area contributed by atoms with Gasteiger partial charge in [-0.3, -0.25) is 10.0 Å². The normalized spacial score (nSPS) is 11.7. The van der Waals surface area contributed by atoms with Crippen molar-refractivity contribution in [3.8, 4) is 0 Å². The average molecular weight is 342 g/mol. The van der Waals surface area contributed by atoms with Crippen molar-refractivity contribution in [1.29, 1.82) is 0 Å². The van der Waals surface area contributed by atoms with Gasteiger partial charge in [0.25, 0.3) is 0 Å². The highest BCUT2D eigenvalue weighted by molar-refractivity contribution is 7.89. The molecule has 0 saturated heterocycles. The minimum absolute atomic E-state index is 0.0471. The van der Waals surface area contributed by atoms with Gasteiger partial charge in [0.2, 0.25) is 15.9 Å². The Bertz CT molecular complexity index is 585. The average Bonchev–Trinajstić information content (AvgIpc) is 2.55. The molecule has 1 rings (SSSR count). The van der Waals surface area contributed by atoms with Gasteiger partial charge in [-0.15, -0.1) is 0 Å². The van der Waals surface area contributed by atoms with E-state index in [1.165, 1.54) is 9.79 Å². The summed E-state index contributed by atoms with van der Waals surface area (Å²) < 4.78 is 26.8. The van der Waals surface area contributed by atoms with Crippen LogP contribution in [0.25, 0.3) is 0 Å². The number of sulfonamides is 1. The van der Waals surface area contributed by atoms with Crippen molar-refractivity contribution < 1.29 is 18.4 Å². The number of hydrogen-bond donors (Lipinski definition) is 2. The first-order chi connectivity index (χ1) is 11.0. The van der Waals surface area contributed by atoms with Crippen LogP contribution in [0.2, 0.25) is 0 Å². The standard InChI is InChI=1S/C16H26N2O4S/c1-3-5-12-18(13-11-16(19)17-20)23(21,22)15-9-7-14(6-4-2)8-10-15/h7-10,20H,3-6,11-13H2,1-2H3,(H,17,19). The number of nitrogens with one attached hydrogen (secondary N) is 1. The fraction of sp³-hybridized carbons (Fsp3) is 0.562. The second kappa shape index (κ2) is 9.64. The summed E-state index contributed by atoms with van der Waals surface area (Å²) in [6, 6.07) is 6.89. The largest absolute Gasteiger partial charge is 0.289 e. The molecule has 0 atom stereocenters. The SMILES string of the molecule is CCCCN(CCC(=O)NO)S(=O)(=O)c1ccc(CCC)cc1. The molecule has 0 aliphatic carbocycles. The molecule has 1 aromatic carbocycles. The van der Waals surface area contributed by atoms with Gasteiger partial charge in [-0.2, -0.15) is 4.31 Å². The van der Waals surface area contributed by atoms with Gasteiger partial charge < -0.3 is 0 Å². The molecule has 6 nitrogen and oxygen atoms in total. The number of amides is 1. The Kier molecular flexibility index (Phi) is 8.22. The number of unbranched alkanes of at least 4 members (excludes halogenated alkanes) is 1. The first kappa shape index (κ1) is 19.6. The van der Waals surface area contributed by atoms with Crippen molar-refractivity contribution in [3.05, 3.63) is 29.8 Å². The molecule has 0 spiro atoms. The lowest BCUT2D eigenvalue weighted by Crippen LogP contribution is -2.35. The highest BCUT2D eigenvalue weighted by Crippen LogP contribution is 2.18. The number of carbonyl (C=O) groups is 1. The van der Waals surface area contributed by atoms with Crippen LogP contribution in [0.1, 0.15) is 45.1 Å². The van der Waals surface area contributed by atoms with Gasteiger partial charge >= 0.3 is 0 Å². The van der Waals surface area contributed by atoms with Gasteiger partial charge in [-0.25, -0.2) is 13.9 Å². The topological polar surface area (TPSA) is 86.7 Å². The third kappa shape index (κ3) is 5.93. The molecule has 0 aliphatic heterocycles. The summed E-state index contributed by atoms with van der Waals surface area (Å²) in [5.41, 5.74) is 2.63. The molecule has 0 fully saturated rings. The van der Waals surface area contributed by atoms with Crippen LogP contribution in [0, 0.1) is 0 Å². The van der Waals surface area contributed by atoms with Crippen LogP contribution < -0.4 is 5.48 Å². The number of rotatable bonds is 10. The molecular weight excluding hydrogens is 316 g/mol. The summed E-state index contributed by atoms with van der Waals surface area (Å²) >= 11 is 0. The lowest BCUT2D eigenvalue weighted by atomic mass is 10.1. The quantitative estimate of drug-likeness (QED) is 0.505. The van der Waals surface area contributed by atoms with Crippen LogP contribution in [-0.4, -0.2) is 36.9 Å². The van der Waals surface area contributed by atoms with Gasteiger partial charge in [-0.1, -0.05) is 38.8 Å². The summed E-state index contributed by atoms with van der Waals surface area (Å²) in [5, 5.41) is 8.56. The van der Waals surface area contributed by atoms with Gasteiger partial charge in [0.05, 0.1) is 4.90 Å². The molecule has 1 amide bonds. The monoisotopic (exact) mass is 342 g/mol. The molecule has 0 aliphatic rings. The van der Waals surface area contributed by atoms with Crippen molar-refractivity contribution in [2.24, 2.45) is 0 Å². The summed E-state index contributed by atoms with van der Waals surface area (Å²) in [5.74, 6) is -0.597. The third-order valence-corrected chi connectivity index (χ3v) is 5.49. The Balaban J connectivity index is 2.93. The predicted molar refractivity (Wildman–Crippen MR) is 88.7 cm³/mol. The Hall–Kier alpha value is -1.44. The van der Waals surface area contributed by atoms with Crippen molar-refractivity contribution >= 4 is 15.9 Å².